The minimum absolute atomic E-state index is 0.355. The third kappa shape index (κ3) is 0.979. The fourth-order valence-electron chi connectivity index (χ4n) is 4.53. The topological polar surface area (TPSA) is 26.3 Å². The molecule has 3 aliphatic rings. The highest BCUT2D eigenvalue weighted by molar-refractivity contribution is 5.55. The van der Waals surface area contributed by atoms with Gasteiger partial charge in [-0.3, -0.25) is 0 Å². The lowest BCUT2D eigenvalue weighted by Gasteiger charge is -2.32. The van der Waals surface area contributed by atoms with E-state index in [1.165, 1.54) is 25.5 Å². The monoisotopic (exact) mass is 194 g/mol. The summed E-state index contributed by atoms with van der Waals surface area (Å²) < 4.78 is 5.53. The lowest BCUT2D eigenvalue weighted by molar-refractivity contribution is -0.113. The van der Waals surface area contributed by atoms with Crippen LogP contribution in [0.1, 0.15) is 25.7 Å². The fraction of sp³-hybridized carbons (Fsp3) is 0.917. The number of ether oxygens (including phenoxy) is 1. The van der Waals surface area contributed by atoms with Crippen LogP contribution in [0.15, 0.2) is 0 Å². The summed E-state index contributed by atoms with van der Waals surface area (Å²) in [5.41, 5.74) is 0. The van der Waals surface area contributed by atoms with Crippen molar-refractivity contribution in [1.29, 1.82) is 0 Å². The third-order valence-corrected chi connectivity index (χ3v) is 4.99. The van der Waals surface area contributed by atoms with Crippen LogP contribution >= 0.6 is 0 Å². The van der Waals surface area contributed by atoms with Gasteiger partial charge in [-0.05, 0) is 49.4 Å². The largest absolute Gasteiger partial charge is 0.381 e. The average molecular weight is 194 g/mol. The van der Waals surface area contributed by atoms with Crippen LogP contribution in [0.25, 0.3) is 0 Å². The Morgan fingerprint density at radius 2 is 2.07 bits per heavy atom. The van der Waals surface area contributed by atoms with Gasteiger partial charge in [-0.25, -0.2) is 0 Å². The smallest absolute Gasteiger partial charge is 0.123 e. The van der Waals surface area contributed by atoms with Crippen molar-refractivity contribution in [3.63, 3.8) is 0 Å². The Hall–Kier alpha value is -0.370. The molecule has 0 spiro atoms. The molecule has 3 aliphatic carbocycles. The minimum Gasteiger partial charge on any atom is -0.381 e. The number of carbonyl (C=O) groups is 1. The van der Waals surface area contributed by atoms with Crippen LogP contribution < -0.4 is 0 Å². The molecule has 14 heavy (non-hydrogen) atoms. The van der Waals surface area contributed by atoms with E-state index in [0.717, 1.165) is 18.3 Å². The van der Waals surface area contributed by atoms with Crippen molar-refractivity contribution in [3.8, 4) is 0 Å². The molecule has 2 heteroatoms. The molecule has 78 valence electrons. The summed E-state index contributed by atoms with van der Waals surface area (Å²) in [4.78, 5) is 11.0. The van der Waals surface area contributed by atoms with Crippen LogP contribution in [0.5, 0.6) is 0 Å². The van der Waals surface area contributed by atoms with Crippen LogP contribution in [0.3, 0.4) is 0 Å². The maximum Gasteiger partial charge on any atom is 0.123 e. The zero-order chi connectivity index (χ0) is 9.71. The van der Waals surface area contributed by atoms with E-state index in [-0.39, 0.29) is 0 Å². The molecule has 0 heterocycles. The Kier molecular flexibility index (Phi) is 1.94. The molecule has 0 aliphatic heterocycles. The van der Waals surface area contributed by atoms with E-state index in [9.17, 15) is 4.79 Å². The third-order valence-electron chi connectivity index (χ3n) is 4.99. The second-order valence-electron chi connectivity index (χ2n) is 5.29. The van der Waals surface area contributed by atoms with Crippen LogP contribution in [0, 0.1) is 29.6 Å². The van der Waals surface area contributed by atoms with Gasteiger partial charge in [-0.2, -0.15) is 0 Å². The Morgan fingerprint density at radius 3 is 2.79 bits per heavy atom. The van der Waals surface area contributed by atoms with Gasteiger partial charge in [0.1, 0.15) is 6.29 Å². The van der Waals surface area contributed by atoms with Crippen molar-refractivity contribution in [2.75, 3.05) is 7.11 Å². The highest BCUT2D eigenvalue weighted by Gasteiger charge is 2.57. The van der Waals surface area contributed by atoms with Gasteiger partial charge < -0.3 is 9.53 Å². The molecule has 2 nitrogen and oxygen atoms in total. The highest BCUT2D eigenvalue weighted by atomic mass is 16.5. The normalized spacial score (nSPS) is 54.9. The number of methoxy groups -OCH3 is 1. The number of aldehydes is 1. The van der Waals surface area contributed by atoms with E-state index in [1.54, 1.807) is 0 Å². The van der Waals surface area contributed by atoms with E-state index >= 15 is 0 Å². The average Bonchev–Trinajstić information content (AvgIpc) is 2.87. The Balaban J connectivity index is 1.85. The molecule has 0 radical (unpaired) electrons. The molecular formula is C12H18O2. The second-order valence-corrected chi connectivity index (χ2v) is 5.29. The van der Waals surface area contributed by atoms with E-state index in [1.807, 2.05) is 7.11 Å². The number of carbonyl (C=O) groups excluding carboxylic acids is 1. The Morgan fingerprint density at radius 1 is 1.21 bits per heavy atom. The number of rotatable bonds is 2. The molecule has 0 N–H and O–H groups in total. The molecular weight excluding hydrogens is 176 g/mol. The summed E-state index contributed by atoms with van der Waals surface area (Å²) >= 11 is 0. The molecule has 0 aromatic heterocycles. The Bertz CT molecular complexity index is 251. The summed E-state index contributed by atoms with van der Waals surface area (Å²) in [6.07, 6.45) is 6.69. The summed E-state index contributed by atoms with van der Waals surface area (Å²) in [5, 5.41) is 0. The van der Waals surface area contributed by atoms with Gasteiger partial charge >= 0.3 is 0 Å². The predicted octanol–water partition coefficient (Wildman–Crippen LogP) is 1.88. The van der Waals surface area contributed by atoms with E-state index in [0.29, 0.717) is 23.9 Å². The molecule has 3 rings (SSSR count). The first-order valence-electron chi connectivity index (χ1n) is 5.83. The molecule has 0 aromatic rings. The minimum atomic E-state index is 0.355. The molecule has 0 saturated heterocycles. The lowest BCUT2D eigenvalue weighted by atomic mass is 9.77. The van der Waals surface area contributed by atoms with Crippen LogP contribution in [0.2, 0.25) is 0 Å². The fourth-order valence-corrected chi connectivity index (χ4v) is 4.53. The zero-order valence-corrected chi connectivity index (χ0v) is 8.69. The van der Waals surface area contributed by atoms with Crippen LogP contribution in [0.4, 0.5) is 0 Å². The molecule has 2 bridgehead atoms. The molecule has 0 aromatic carbocycles. The van der Waals surface area contributed by atoms with Gasteiger partial charge in [0.05, 0.1) is 6.10 Å². The standard InChI is InChI=1S/C12H18O2/c1-14-11-5-8-4-10(11)12-7(6-13)2-3-9(8)12/h6-12H,2-5H2,1H3/t7?,8-,9-,10+,11?,12-/m1/s1. The lowest BCUT2D eigenvalue weighted by Crippen LogP contribution is -2.33. The van der Waals surface area contributed by atoms with Crippen molar-refractivity contribution in [1.82, 2.24) is 0 Å². The number of hydrogen-bond acceptors (Lipinski definition) is 2. The first-order valence-corrected chi connectivity index (χ1v) is 5.83. The maximum atomic E-state index is 11.0. The van der Waals surface area contributed by atoms with Crippen LogP contribution in [-0.2, 0) is 9.53 Å². The molecule has 3 fully saturated rings. The first kappa shape index (κ1) is 8.90. The van der Waals surface area contributed by atoms with Crippen molar-refractivity contribution < 1.29 is 9.53 Å². The van der Waals surface area contributed by atoms with E-state index in [2.05, 4.69) is 0 Å². The van der Waals surface area contributed by atoms with Gasteiger partial charge in [0.2, 0.25) is 0 Å². The molecule has 0 amide bonds. The summed E-state index contributed by atoms with van der Waals surface area (Å²) in [5.74, 6) is 3.47. The Labute approximate surface area is 85.0 Å². The molecule has 3 saturated carbocycles. The number of fused-ring (bicyclic) bond motifs is 5. The van der Waals surface area contributed by atoms with Crippen molar-refractivity contribution in [2.24, 2.45) is 29.6 Å². The van der Waals surface area contributed by atoms with Gasteiger partial charge in [0.25, 0.3) is 0 Å². The van der Waals surface area contributed by atoms with E-state index < -0.39 is 0 Å². The second kappa shape index (κ2) is 3.06. The summed E-state index contributed by atoms with van der Waals surface area (Å²) in [6, 6.07) is 0. The quantitative estimate of drug-likeness (QED) is 0.627. The summed E-state index contributed by atoms with van der Waals surface area (Å²) in [7, 11) is 1.82. The zero-order valence-electron chi connectivity index (χ0n) is 8.69. The highest BCUT2D eigenvalue weighted by Crippen LogP contribution is 2.60. The van der Waals surface area contributed by atoms with Crippen molar-refractivity contribution >= 4 is 6.29 Å². The number of hydrogen-bond donors (Lipinski definition) is 0. The van der Waals surface area contributed by atoms with Gasteiger partial charge in [0.15, 0.2) is 0 Å². The van der Waals surface area contributed by atoms with Crippen molar-refractivity contribution in [3.05, 3.63) is 0 Å². The molecule has 6 atom stereocenters. The maximum absolute atomic E-state index is 11.0. The SMILES string of the molecule is COC1C[C@H]2C[C@@H]1[C@@H]1C(C=O)CC[C@H]21. The van der Waals surface area contributed by atoms with Gasteiger partial charge in [-0.1, -0.05) is 0 Å². The molecule has 2 unspecified atom stereocenters. The van der Waals surface area contributed by atoms with Crippen molar-refractivity contribution in [2.45, 2.75) is 31.8 Å². The predicted molar refractivity (Wildman–Crippen MR) is 52.8 cm³/mol. The van der Waals surface area contributed by atoms with Crippen LogP contribution in [-0.4, -0.2) is 19.5 Å². The van der Waals surface area contributed by atoms with Gasteiger partial charge in [0, 0.05) is 13.0 Å². The first-order chi connectivity index (χ1) is 6.85. The van der Waals surface area contributed by atoms with Gasteiger partial charge in [-0.15, -0.1) is 0 Å². The summed E-state index contributed by atoms with van der Waals surface area (Å²) in [6.45, 7) is 0. The van der Waals surface area contributed by atoms with E-state index in [4.69, 9.17) is 4.74 Å².